The van der Waals surface area contributed by atoms with Crippen molar-refractivity contribution in [1.82, 2.24) is 19.9 Å². The normalized spacial score (nSPS) is 21.4. The van der Waals surface area contributed by atoms with Crippen molar-refractivity contribution in [3.63, 3.8) is 0 Å². The molecule has 9 heteroatoms. The van der Waals surface area contributed by atoms with Crippen molar-refractivity contribution in [1.29, 1.82) is 0 Å². The molecule has 31 heavy (non-hydrogen) atoms. The number of halogens is 3. The quantitative estimate of drug-likeness (QED) is 0.620. The second-order valence-electron chi connectivity index (χ2n) is 8.11. The molecule has 1 spiro atoms. The van der Waals surface area contributed by atoms with Crippen LogP contribution in [0, 0.1) is 0 Å². The maximum absolute atomic E-state index is 13.0. The van der Waals surface area contributed by atoms with Gasteiger partial charge in [0.25, 0.3) is 5.91 Å². The van der Waals surface area contributed by atoms with E-state index in [-0.39, 0.29) is 17.0 Å². The second kappa shape index (κ2) is 7.18. The molecule has 3 aromatic rings. The molecule has 1 amide bonds. The molecule has 1 atom stereocenters. The Morgan fingerprint density at radius 3 is 2.48 bits per heavy atom. The fraction of sp³-hybridized carbons (Fsp3) is 0.364. The number of carbonyl (C=O) groups excluding carboxylic acids is 1. The molecule has 2 aromatic heterocycles. The number of piperidine rings is 1. The summed E-state index contributed by atoms with van der Waals surface area (Å²) in [7, 11) is 0. The summed E-state index contributed by atoms with van der Waals surface area (Å²) in [4.78, 5) is 29.0. The van der Waals surface area contributed by atoms with Crippen LogP contribution >= 0.6 is 0 Å². The predicted octanol–water partition coefficient (Wildman–Crippen LogP) is 3.93. The van der Waals surface area contributed by atoms with Crippen LogP contribution in [0.2, 0.25) is 0 Å². The van der Waals surface area contributed by atoms with E-state index in [2.05, 4.69) is 19.9 Å². The monoisotopic (exact) mass is 427 g/mol. The van der Waals surface area contributed by atoms with Crippen molar-refractivity contribution in [2.45, 2.75) is 31.0 Å². The van der Waals surface area contributed by atoms with Crippen molar-refractivity contribution in [3.05, 3.63) is 60.2 Å². The average molecular weight is 427 g/mol. The molecule has 0 radical (unpaired) electrons. The van der Waals surface area contributed by atoms with Crippen LogP contribution in [0.15, 0.2) is 48.9 Å². The number of rotatable bonds is 2. The molecule has 0 saturated carbocycles. The Labute approximate surface area is 176 Å². The number of aromatic nitrogens is 3. The molecule has 2 saturated heterocycles. The van der Waals surface area contributed by atoms with Crippen LogP contribution in [0.1, 0.15) is 35.3 Å². The molecule has 0 unspecified atom stereocenters. The molecule has 4 heterocycles. The Morgan fingerprint density at radius 2 is 1.74 bits per heavy atom. The van der Waals surface area contributed by atoms with Crippen LogP contribution in [-0.2, 0) is 6.18 Å². The minimum Gasteiger partial charge on any atom is -0.364 e. The Hall–Kier alpha value is -3.23. The Bertz CT molecular complexity index is 1150. The summed E-state index contributed by atoms with van der Waals surface area (Å²) in [6.45, 7) is 1.87. The third-order valence-electron chi connectivity index (χ3n) is 6.28. The number of fused-ring (bicyclic) bond motifs is 1. The number of alkyl halides is 3. The highest BCUT2D eigenvalue weighted by Crippen LogP contribution is 2.42. The zero-order valence-electron chi connectivity index (χ0n) is 16.6. The van der Waals surface area contributed by atoms with Crippen LogP contribution in [0.4, 0.5) is 18.9 Å². The molecule has 0 N–H and O–H groups in total. The van der Waals surface area contributed by atoms with E-state index < -0.39 is 11.9 Å². The second-order valence-corrected chi connectivity index (χ2v) is 8.11. The van der Waals surface area contributed by atoms with E-state index in [0.29, 0.717) is 13.1 Å². The van der Waals surface area contributed by atoms with E-state index >= 15 is 0 Å². The van der Waals surface area contributed by atoms with Gasteiger partial charge in [0.05, 0.1) is 16.6 Å². The van der Waals surface area contributed by atoms with Gasteiger partial charge in [-0.2, -0.15) is 13.2 Å². The molecule has 0 bridgehead atoms. The lowest BCUT2D eigenvalue weighted by Crippen LogP contribution is -2.67. The third-order valence-corrected chi connectivity index (χ3v) is 6.28. The lowest BCUT2D eigenvalue weighted by Gasteiger charge is -2.58. The Kier molecular flexibility index (Phi) is 4.56. The smallest absolute Gasteiger partial charge is 0.364 e. The fourth-order valence-electron chi connectivity index (χ4n) is 4.67. The van der Waals surface area contributed by atoms with Crippen LogP contribution in [0.25, 0.3) is 11.0 Å². The molecular formula is C22H20F3N5O. The molecule has 6 nitrogen and oxygen atoms in total. The predicted molar refractivity (Wildman–Crippen MR) is 109 cm³/mol. The van der Waals surface area contributed by atoms with Crippen LogP contribution < -0.4 is 4.90 Å². The number of nitrogens with zero attached hydrogens (tertiary/aromatic N) is 5. The van der Waals surface area contributed by atoms with Gasteiger partial charge in [-0.25, -0.2) is 0 Å². The number of anilines is 1. The molecule has 1 aromatic carbocycles. The summed E-state index contributed by atoms with van der Waals surface area (Å²) in [6, 6.07) is 8.13. The standard InChI is InChI=1S/C22H20F3N5O/c23-22(24,25)19-12-15(4-7-28-19)20(31)29-10-1-5-21(14-29)6-11-30(21)16-2-3-17-18(13-16)27-9-8-26-17/h2-4,7-9,12-13H,1,5-6,10-11,14H2/t21-/m1/s1. The summed E-state index contributed by atoms with van der Waals surface area (Å²) in [5, 5.41) is 0. The van der Waals surface area contributed by atoms with Gasteiger partial charge < -0.3 is 9.80 Å². The topological polar surface area (TPSA) is 62.2 Å². The maximum Gasteiger partial charge on any atom is 0.433 e. The van der Waals surface area contributed by atoms with Gasteiger partial charge in [-0.15, -0.1) is 0 Å². The van der Waals surface area contributed by atoms with Gasteiger partial charge in [-0.05, 0) is 49.6 Å². The zero-order chi connectivity index (χ0) is 21.6. The lowest BCUT2D eigenvalue weighted by molar-refractivity contribution is -0.141. The van der Waals surface area contributed by atoms with Gasteiger partial charge in [0.2, 0.25) is 0 Å². The highest BCUT2D eigenvalue weighted by molar-refractivity contribution is 5.94. The Balaban J connectivity index is 1.39. The third kappa shape index (κ3) is 3.47. The first kappa shape index (κ1) is 19.7. The summed E-state index contributed by atoms with van der Waals surface area (Å²) in [5.74, 6) is -0.386. The van der Waals surface area contributed by atoms with E-state index in [1.165, 1.54) is 6.07 Å². The van der Waals surface area contributed by atoms with E-state index in [9.17, 15) is 18.0 Å². The average Bonchev–Trinajstić information content (AvgIpc) is 2.77. The number of carbonyl (C=O) groups is 1. The van der Waals surface area contributed by atoms with Gasteiger partial charge in [-0.1, -0.05) is 0 Å². The molecule has 2 aliphatic rings. The van der Waals surface area contributed by atoms with E-state index in [1.54, 1.807) is 17.3 Å². The summed E-state index contributed by atoms with van der Waals surface area (Å²) < 4.78 is 39.0. The molecule has 5 rings (SSSR count). The number of benzene rings is 1. The molecule has 2 aliphatic heterocycles. The molecule has 2 fully saturated rings. The fourth-order valence-corrected chi connectivity index (χ4v) is 4.67. The van der Waals surface area contributed by atoms with Gasteiger partial charge in [-0.3, -0.25) is 19.7 Å². The van der Waals surface area contributed by atoms with Gasteiger partial charge in [0.15, 0.2) is 0 Å². The van der Waals surface area contributed by atoms with Crippen molar-refractivity contribution < 1.29 is 18.0 Å². The van der Waals surface area contributed by atoms with E-state index in [0.717, 1.165) is 54.8 Å². The number of amides is 1. The van der Waals surface area contributed by atoms with Gasteiger partial charge in [0.1, 0.15) is 5.69 Å². The van der Waals surface area contributed by atoms with Gasteiger partial charge >= 0.3 is 6.18 Å². The highest BCUT2D eigenvalue weighted by atomic mass is 19.4. The lowest BCUT2D eigenvalue weighted by atomic mass is 9.77. The number of pyridine rings is 1. The van der Waals surface area contributed by atoms with Crippen molar-refractivity contribution in [3.8, 4) is 0 Å². The molecule has 0 aliphatic carbocycles. The first-order chi connectivity index (χ1) is 14.9. The minimum atomic E-state index is -4.58. The summed E-state index contributed by atoms with van der Waals surface area (Å²) in [5.41, 5.74) is 1.42. The summed E-state index contributed by atoms with van der Waals surface area (Å²) in [6.07, 6.45) is 2.43. The van der Waals surface area contributed by atoms with E-state index in [4.69, 9.17) is 0 Å². The van der Waals surface area contributed by atoms with Crippen LogP contribution in [-0.4, -0.2) is 50.9 Å². The molecular weight excluding hydrogens is 407 g/mol. The SMILES string of the molecule is O=C(c1ccnc(C(F)(F)F)c1)N1CCC[C@@]2(CCN2c2ccc3nccnc3c2)C1. The number of likely N-dealkylation sites (tertiary alicyclic amines) is 1. The zero-order valence-corrected chi connectivity index (χ0v) is 16.6. The minimum absolute atomic E-state index is 0.0197. The largest absolute Gasteiger partial charge is 0.433 e. The maximum atomic E-state index is 13.0. The molecule has 160 valence electrons. The van der Waals surface area contributed by atoms with Crippen molar-refractivity contribution in [2.24, 2.45) is 0 Å². The Morgan fingerprint density at radius 1 is 0.935 bits per heavy atom. The highest BCUT2D eigenvalue weighted by Gasteiger charge is 2.48. The first-order valence-electron chi connectivity index (χ1n) is 10.2. The van der Waals surface area contributed by atoms with E-state index in [1.807, 2.05) is 18.2 Å². The van der Waals surface area contributed by atoms with Crippen LogP contribution in [0.3, 0.4) is 0 Å². The van der Waals surface area contributed by atoms with Crippen molar-refractivity contribution >= 4 is 22.6 Å². The first-order valence-corrected chi connectivity index (χ1v) is 10.2. The van der Waals surface area contributed by atoms with Crippen LogP contribution in [0.5, 0.6) is 0 Å². The number of hydrogen-bond donors (Lipinski definition) is 0. The van der Waals surface area contributed by atoms with Crippen molar-refractivity contribution in [2.75, 3.05) is 24.5 Å². The summed E-state index contributed by atoms with van der Waals surface area (Å²) >= 11 is 0. The van der Waals surface area contributed by atoms with Gasteiger partial charge in [0, 0.05) is 49.5 Å². The number of hydrogen-bond acceptors (Lipinski definition) is 5.